The van der Waals surface area contributed by atoms with Crippen LogP contribution in [-0.2, 0) is 22.4 Å². The van der Waals surface area contributed by atoms with Gasteiger partial charge >= 0.3 is 5.97 Å². The monoisotopic (exact) mass is 449 g/mol. The molecule has 0 bridgehead atoms. The molecule has 8 heteroatoms. The van der Waals surface area contributed by atoms with Gasteiger partial charge in [0.05, 0.1) is 12.7 Å². The van der Waals surface area contributed by atoms with Crippen LogP contribution in [0.2, 0.25) is 0 Å². The first kappa shape index (κ1) is 23.2. The molecule has 0 radical (unpaired) electrons. The van der Waals surface area contributed by atoms with Crippen LogP contribution in [0.4, 0.5) is 0 Å². The number of halogens is 1. The first-order valence-electron chi connectivity index (χ1n) is 10.3. The number of hydrogen-bond donors (Lipinski definition) is 2. The number of aryl methyl sites for hydroxylation is 1. The van der Waals surface area contributed by atoms with E-state index in [1.165, 1.54) is 11.1 Å². The summed E-state index contributed by atoms with van der Waals surface area (Å²) < 4.78 is 21.2. The van der Waals surface area contributed by atoms with Gasteiger partial charge in [-0.2, -0.15) is 0 Å². The van der Waals surface area contributed by atoms with Crippen molar-refractivity contribution in [2.45, 2.75) is 38.3 Å². The number of hydrogen-bond acceptors (Lipinski definition) is 7. The van der Waals surface area contributed by atoms with Crippen LogP contribution in [0.25, 0.3) is 0 Å². The van der Waals surface area contributed by atoms with Crippen molar-refractivity contribution in [1.29, 1.82) is 0 Å². The van der Waals surface area contributed by atoms with Gasteiger partial charge in [-0.05, 0) is 67.1 Å². The van der Waals surface area contributed by atoms with Crippen molar-refractivity contribution in [3.63, 3.8) is 0 Å². The van der Waals surface area contributed by atoms with Crippen LogP contribution in [-0.4, -0.2) is 43.7 Å². The van der Waals surface area contributed by atoms with Gasteiger partial charge in [-0.3, -0.25) is 0 Å². The Morgan fingerprint density at radius 3 is 2.87 bits per heavy atom. The number of carbonyl (C=O) groups excluding carboxylic acids is 1. The second-order valence-electron chi connectivity index (χ2n) is 7.50. The average molecular weight is 450 g/mol. The van der Waals surface area contributed by atoms with Gasteiger partial charge in [0, 0.05) is 12.6 Å². The number of aliphatic hydroxyl groups excluding tert-OH is 1. The number of fused-ring (bicyclic) bond motifs is 2. The summed E-state index contributed by atoms with van der Waals surface area (Å²) in [7, 11) is 0. The number of rotatable bonds is 8. The maximum atomic E-state index is 11.5. The van der Waals surface area contributed by atoms with Gasteiger partial charge in [0.15, 0.2) is 18.1 Å². The molecule has 0 saturated carbocycles. The summed E-state index contributed by atoms with van der Waals surface area (Å²) in [6, 6.07) is 11.7. The molecule has 1 aliphatic heterocycles. The topological polar surface area (TPSA) is 86.3 Å². The SMILES string of the molecule is CCOC(=O)COc1ccc2c(c1)CC(NCC(O)c1ccc3c(c1)OCO3)CC2.Cl. The number of carbonyl (C=O) groups is 1. The minimum absolute atomic E-state index is 0. The summed E-state index contributed by atoms with van der Waals surface area (Å²) in [5.74, 6) is 1.69. The van der Waals surface area contributed by atoms with E-state index in [0.29, 0.717) is 30.4 Å². The Balaban J connectivity index is 0.00000272. The third-order valence-electron chi connectivity index (χ3n) is 5.45. The van der Waals surface area contributed by atoms with Crippen LogP contribution in [0.5, 0.6) is 17.2 Å². The van der Waals surface area contributed by atoms with Crippen LogP contribution >= 0.6 is 12.4 Å². The van der Waals surface area contributed by atoms with Crippen molar-refractivity contribution in [2.24, 2.45) is 0 Å². The molecular weight excluding hydrogens is 422 g/mol. The lowest BCUT2D eigenvalue weighted by molar-refractivity contribution is -0.145. The molecular formula is C23H28ClNO6. The van der Waals surface area contributed by atoms with Crippen LogP contribution in [0, 0.1) is 0 Å². The van der Waals surface area contributed by atoms with Gasteiger partial charge in [0.2, 0.25) is 6.79 Å². The predicted molar refractivity (Wildman–Crippen MR) is 117 cm³/mol. The molecule has 1 aliphatic carbocycles. The lowest BCUT2D eigenvalue weighted by atomic mass is 9.88. The second kappa shape index (κ2) is 10.7. The Labute approximate surface area is 188 Å². The van der Waals surface area contributed by atoms with Gasteiger partial charge in [-0.1, -0.05) is 12.1 Å². The Morgan fingerprint density at radius 1 is 1.19 bits per heavy atom. The molecule has 0 fully saturated rings. The highest BCUT2D eigenvalue weighted by Crippen LogP contribution is 2.34. The van der Waals surface area contributed by atoms with Gasteiger partial charge in [-0.25, -0.2) is 4.79 Å². The maximum absolute atomic E-state index is 11.5. The largest absolute Gasteiger partial charge is 0.482 e. The molecule has 0 saturated heterocycles. The van der Waals surface area contributed by atoms with E-state index in [2.05, 4.69) is 11.4 Å². The van der Waals surface area contributed by atoms with Gasteiger partial charge in [0.25, 0.3) is 0 Å². The highest BCUT2D eigenvalue weighted by Gasteiger charge is 2.21. The van der Waals surface area contributed by atoms with Gasteiger partial charge < -0.3 is 29.4 Å². The lowest BCUT2D eigenvalue weighted by Gasteiger charge is -2.27. The minimum atomic E-state index is -0.625. The van der Waals surface area contributed by atoms with Crippen LogP contribution in [0.15, 0.2) is 36.4 Å². The molecule has 2 aliphatic rings. The minimum Gasteiger partial charge on any atom is -0.482 e. The molecule has 31 heavy (non-hydrogen) atoms. The summed E-state index contributed by atoms with van der Waals surface area (Å²) in [4.78, 5) is 11.5. The van der Waals surface area contributed by atoms with Gasteiger partial charge in [0.1, 0.15) is 5.75 Å². The van der Waals surface area contributed by atoms with Crippen molar-refractivity contribution < 1.29 is 28.8 Å². The highest BCUT2D eigenvalue weighted by molar-refractivity contribution is 5.85. The normalized spacial score (nSPS) is 17.3. The third kappa shape index (κ3) is 5.81. The molecule has 0 amide bonds. The van der Waals surface area contributed by atoms with E-state index in [0.717, 1.165) is 24.8 Å². The first-order valence-corrected chi connectivity index (χ1v) is 10.3. The molecule has 2 aromatic rings. The fourth-order valence-corrected chi connectivity index (χ4v) is 3.86. The Bertz CT molecular complexity index is 906. The van der Waals surface area contributed by atoms with Crippen LogP contribution < -0.4 is 19.5 Å². The fourth-order valence-electron chi connectivity index (χ4n) is 3.86. The average Bonchev–Trinajstić information content (AvgIpc) is 3.24. The van der Waals surface area contributed by atoms with Crippen molar-refractivity contribution in [3.05, 3.63) is 53.1 Å². The summed E-state index contributed by atoms with van der Waals surface area (Å²) in [5, 5.41) is 14.0. The number of aliphatic hydroxyl groups is 1. The molecule has 4 rings (SSSR count). The van der Waals surface area contributed by atoms with E-state index in [-0.39, 0.29) is 37.8 Å². The van der Waals surface area contributed by atoms with Crippen LogP contribution in [0.1, 0.15) is 36.1 Å². The molecule has 168 valence electrons. The van der Waals surface area contributed by atoms with E-state index in [1.54, 1.807) is 6.92 Å². The van der Waals surface area contributed by atoms with Crippen molar-refractivity contribution in [2.75, 3.05) is 26.6 Å². The van der Waals surface area contributed by atoms with E-state index in [1.807, 2.05) is 30.3 Å². The molecule has 2 unspecified atom stereocenters. The molecule has 0 aromatic heterocycles. The predicted octanol–water partition coefficient (Wildman–Crippen LogP) is 2.96. The quantitative estimate of drug-likeness (QED) is 0.599. The van der Waals surface area contributed by atoms with Crippen molar-refractivity contribution in [1.82, 2.24) is 5.32 Å². The smallest absolute Gasteiger partial charge is 0.344 e. The number of esters is 1. The molecule has 2 atom stereocenters. The van der Waals surface area contributed by atoms with Gasteiger partial charge in [-0.15, -0.1) is 12.4 Å². The van der Waals surface area contributed by atoms with E-state index < -0.39 is 6.10 Å². The summed E-state index contributed by atoms with van der Waals surface area (Å²) in [6.07, 6.45) is 2.19. The molecule has 1 heterocycles. The first-order chi connectivity index (χ1) is 14.6. The van der Waals surface area contributed by atoms with E-state index in [4.69, 9.17) is 18.9 Å². The zero-order valence-electron chi connectivity index (χ0n) is 17.5. The second-order valence-corrected chi connectivity index (χ2v) is 7.50. The van der Waals surface area contributed by atoms with Crippen molar-refractivity contribution >= 4 is 18.4 Å². The summed E-state index contributed by atoms with van der Waals surface area (Å²) in [6.45, 7) is 2.71. The van der Waals surface area contributed by atoms with Crippen molar-refractivity contribution in [3.8, 4) is 17.2 Å². The Kier molecular flexibility index (Phi) is 8.01. The van der Waals surface area contributed by atoms with Crippen LogP contribution in [0.3, 0.4) is 0 Å². The number of ether oxygens (including phenoxy) is 4. The Hall–Kier alpha value is -2.48. The zero-order valence-corrected chi connectivity index (χ0v) is 18.3. The summed E-state index contributed by atoms with van der Waals surface area (Å²) in [5.41, 5.74) is 3.31. The lowest BCUT2D eigenvalue weighted by Crippen LogP contribution is -2.37. The molecule has 0 spiro atoms. The zero-order chi connectivity index (χ0) is 20.9. The third-order valence-corrected chi connectivity index (χ3v) is 5.45. The standard InChI is InChI=1S/C23H27NO6.ClH/c1-2-27-23(26)13-28-19-7-4-15-3-6-18(9-17(15)10-19)24-12-20(25)16-5-8-21-22(11-16)30-14-29-21;/h4-5,7-8,10-11,18,20,24-25H,2-3,6,9,12-14H2,1H3;1H. The molecule has 2 aromatic carbocycles. The molecule has 2 N–H and O–H groups in total. The maximum Gasteiger partial charge on any atom is 0.344 e. The molecule has 7 nitrogen and oxygen atoms in total. The van der Waals surface area contributed by atoms with E-state index >= 15 is 0 Å². The fraction of sp³-hybridized carbons (Fsp3) is 0.435. The van der Waals surface area contributed by atoms with E-state index in [9.17, 15) is 9.90 Å². The Morgan fingerprint density at radius 2 is 2.03 bits per heavy atom. The highest BCUT2D eigenvalue weighted by atomic mass is 35.5. The number of nitrogens with one attached hydrogen (secondary N) is 1. The number of benzene rings is 2. The summed E-state index contributed by atoms with van der Waals surface area (Å²) >= 11 is 0.